The maximum absolute atomic E-state index is 12.1. The largest absolute Gasteiger partial charge is 0.304 e. The number of pyridine rings is 1. The maximum Gasteiger partial charge on any atom is 0.275 e. The zero-order valence-corrected chi connectivity index (χ0v) is 11.0. The van der Waals surface area contributed by atoms with Crippen LogP contribution >= 0.6 is 11.6 Å². The number of carbonyl (C=O) groups excluding carboxylic acids is 1. The molecule has 5 nitrogen and oxygen atoms in total. The first-order valence-electron chi connectivity index (χ1n) is 5.89. The maximum atomic E-state index is 12.1. The first kappa shape index (κ1) is 12.5. The van der Waals surface area contributed by atoms with E-state index in [2.05, 4.69) is 20.5 Å². The number of anilines is 1. The second-order valence-corrected chi connectivity index (χ2v) is 4.47. The van der Waals surface area contributed by atoms with Gasteiger partial charge in [0.05, 0.1) is 5.52 Å². The van der Waals surface area contributed by atoms with Crippen LogP contribution < -0.4 is 5.32 Å². The van der Waals surface area contributed by atoms with Crippen molar-refractivity contribution < 1.29 is 4.79 Å². The fraction of sp³-hybridized carbons (Fsp3) is 0. The van der Waals surface area contributed by atoms with Gasteiger partial charge in [0.15, 0.2) is 11.0 Å². The second-order valence-electron chi connectivity index (χ2n) is 4.08. The normalized spacial score (nSPS) is 10.4. The highest BCUT2D eigenvalue weighted by atomic mass is 35.5. The number of amides is 1. The van der Waals surface area contributed by atoms with E-state index >= 15 is 0 Å². The van der Waals surface area contributed by atoms with E-state index < -0.39 is 0 Å². The molecule has 0 unspecified atom stereocenters. The fourth-order valence-corrected chi connectivity index (χ4v) is 1.86. The Bertz CT molecular complexity index is 773. The molecule has 0 aliphatic heterocycles. The Kier molecular flexibility index (Phi) is 3.26. The summed E-state index contributed by atoms with van der Waals surface area (Å²) in [4.78, 5) is 16.4. The Morgan fingerprint density at radius 1 is 1.00 bits per heavy atom. The number of para-hydroxylation sites is 1. The fourth-order valence-electron chi connectivity index (χ4n) is 1.76. The van der Waals surface area contributed by atoms with E-state index in [4.69, 9.17) is 11.6 Å². The number of benzene rings is 1. The first-order chi connectivity index (χ1) is 9.72. The molecule has 1 N–H and O–H groups in total. The summed E-state index contributed by atoms with van der Waals surface area (Å²) in [6, 6.07) is 14.2. The molecule has 0 aliphatic carbocycles. The molecule has 0 radical (unpaired) electrons. The molecule has 0 saturated heterocycles. The summed E-state index contributed by atoms with van der Waals surface area (Å²) in [5, 5.41) is 11.3. The molecule has 3 aromatic rings. The van der Waals surface area contributed by atoms with Crippen LogP contribution in [0, 0.1) is 0 Å². The van der Waals surface area contributed by atoms with Gasteiger partial charge in [-0.15, -0.1) is 10.2 Å². The third-order valence-electron chi connectivity index (χ3n) is 2.70. The molecule has 1 aromatic carbocycles. The van der Waals surface area contributed by atoms with Gasteiger partial charge in [-0.2, -0.15) is 0 Å². The number of rotatable bonds is 2. The third-order valence-corrected chi connectivity index (χ3v) is 2.91. The molecule has 0 fully saturated rings. The molecule has 6 heteroatoms. The Balaban J connectivity index is 1.86. The van der Waals surface area contributed by atoms with Crippen molar-refractivity contribution in [1.29, 1.82) is 0 Å². The summed E-state index contributed by atoms with van der Waals surface area (Å²) < 4.78 is 0. The van der Waals surface area contributed by atoms with Gasteiger partial charge in [0, 0.05) is 5.39 Å². The van der Waals surface area contributed by atoms with Crippen LogP contribution in [-0.2, 0) is 0 Å². The molecule has 0 aliphatic rings. The van der Waals surface area contributed by atoms with Gasteiger partial charge in [-0.25, -0.2) is 4.98 Å². The Hall–Kier alpha value is -2.53. The van der Waals surface area contributed by atoms with Crippen LogP contribution in [0.1, 0.15) is 10.5 Å². The lowest BCUT2D eigenvalue weighted by Crippen LogP contribution is -2.14. The van der Waals surface area contributed by atoms with E-state index in [1.807, 2.05) is 30.3 Å². The topological polar surface area (TPSA) is 67.8 Å². The lowest BCUT2D eigenvalue weighted by molar-refractivity contribution is 0.102. The quantitative estimate of drug-likeness (QED) is 0.785. The molecule has 0 atom stereocenters. The second kappa shape index (κ2) is 5.22. The molecular weight excluding hydrogens is 276 g/mol. The van der Waals surface area contributed by atoms with Crippen LogP contribution in [0.25, 0.3) is 10.9 Å². The van der Waals surface area contributed by atoms with Crippen molar-refractivity contribution in [1.82, 2.24) is 15.2 Å². The minimum absolute atomic E-state index is 0.270. The van der Waals surface area contributed by atoms with Gasteiger partial charge in [-0.05, 0) is 24.3 Å². The minimum Gasteiger partial charge on any atom is -0.304 e. The zero-order valence-electron chi connectivity index (χ0n) is 10.2. The highest BCUT2D eigenvalue weighted by Crippen LogP contribution is 2.13. The van der Waals surface area contributed by atoms with E-state index in [1.165, 1.54) is 0 Å². The lowest BCUT2D eigenvalue weighted by Gasteiger charge is -2.04. The van der Waals surface area contributed by atoms with Gasteiger partial charge >= 0.3 is 0 Å². The van der Waals surface area contributed by atoms with Crippen molar-refractivity contribution in [3.05, 3.63) is 59.4 Å². The summed E-state index contributed by atoms with van der Waals surface area (Å²) in [7, 11) is 0. The van der Waals surface area contributed by atoms with Gasteiger partial charge < -0.3 is 5.32 Å². The smallest absolute Gasteiger partial charge is 0.275 e. The van der Waals surface area contributed by atoms with Crippen LogP contribution in [0.3, 0.4) is 0 Å². The van der Waals surface area contributed by atoms with E-state index in [0.717, 1.165) is 10.9 Å². The molecular formula is C14H9ClN4O. The predicted molar refractivity (Wildman–Crippen MR) is 76.7 cm³/mol. The number of hydrogen-bond acceptors (Lipinski definition) is 4. The monoisotopic (exact) mass is 284 g/mol. The third kappa shape index (κ3) is 2.57. The standard InChI is InChI=1S/C14H9ClN4O/c15-12-7-8-13(19-18-12)17-14(20)11-6-5-9-3-1-2-4-10(9)16-11/h1-8H,(H,17,19,20). The van der Waals surface area contributed by atoms with Crippen LogP contribution in [0.2, 0.25) is 5.15 Å². The minimum atomic E-state index is -0.340. The predicted octanol–water partition coefficient (Wildman–Crippen LogP) is 2.93. The van der Waals surface area contributed by atoms with E-state index in [-0.39, 0.29) is 11.1 Å². The summed E-state index contributed by atoms with van der Waals surface area (Å²) in [6.07, 6.45) is 0. The SMILES string of the molecule is O=C(Nc1ccc(Cl)nn1)c1ccc2ccccc2n1. The van der Waals surface area contributed by atoms with Crippen molar-refractivity contribution in [2.45, 2.75) is 0 Å². The summed E-state index contributed by atoms with van der Waals surface area (Å²) in [5.74, 6) is -0.0123. The van der Waals surface area contributed by atoms with Gasteiger partial charge in [0.25, 0.3) is 5.91 Å². The van der Waals surface area contributed by atoms with Crippen molar-refractivity contribution >= 4 is 34.2 Å². The highest BCUT2D eigenvalue weighted by Gasteiger charge is 2.09. The number of aromatic nitrogens is 3. The summed E-state index contributed by atoms with van der Waals surface area (Å²) in [5.41, 5.74) is 1.09. The first-order valence-corrected chi connectivity index (χ1v) is 6.26. The Morgan fingerprint density at radius 2 is 1.85 bits per heavy atom. The number of hydrogen-bond donors (Lipinski definition) is 1. The van der Waals surface area contributed by atoms with Crippen LogP contribution in [-0.4, -0.2) is 21.1 Å². The molecule has 3 rings (SSSR count). The molecule has 2 heterocycles. The highest BCUT2D eigenvalue weighted by molar-refractivity contribution is 6.29. The van der Waals surface area contributed by atoms with E-state index in [1.54, 1.807) is 18.2 Å². The van der Waals surface area contributed by atoms with Gasteiger partial charge in [-0.1, -0.05) is 35.9 Å². The van der Waals surface area contributed by atoms with Crippen molar-refractivity contribution in [2.75, 3.05) is 5.32 Å². The van der Waals surface area contributed by atoms with E-state index in [0.29, 0.717) is 11.5 Å². The molecule has 20 heavy (non-hydrogen) atoms. The van der Waals surface area contributed by atoms with E-state index in [9.17, 15) is 4.79 Å². The number of carbonyl (C=O) groups is 1. The van der Waals surface area contributed by atoms with Gasteiger partial charge in [0.1, 0.15) is 5.69 Å². The van der Waals surface area contributed by atoms with Crippen LogP contribution in [0.15, 0.2) is 48.5 Å². The Morgan fingerprint density at radius 3 is 2.65 bits per heavy atom. The average Bonchev–Trinajstić information content (AvgIpc) is 2.49. The number of nitrogens with zero attached hydrogens (tertiary/aromatic N) is 3. The van der Waals surface area contributed by atoms with Crippen LogP contribution in [0.4, 0.5) is 5.82 Å². The Labute approximate surface area is 119 Å². The molecule has 98 valence electrons. The van der Waals surface area contributed by atoms with Crippen molar-refractivity contribution in [3.8, 4) is 0 Å². The van der Waals surface area contributed by atoms with Crippen molar-refractivity contribution in [2.24, 2.45) is 0 Å². The van der Waals surface area contributed by atoms with Gasteiger partial charge in [-0.3, -0.25) is 4.79 Å². The molecule has 0 spiro atoms. The molecule has 2 aromatic heterocycles. The van der Waals surface area contributed by atoms with Crippen LogP contribution in [0.5, 0.6) is 0 Å². The van der Waals surface area contributed by atoms with Crippen molar-refractivity contribution in [3.63, 3.8) is 0 Å². The summed E-state index contributed by atoms with van der Waals surface area (Å²) >= 11 is 5.63. The number of fused-ring (bicyclic) bond motifs is 1. The number of nitrogens with one attached hydrogen (secondary N) is 1. The molecule has 0 bridgehead atoms. The lowest BCUT2D eigenvalue weighted by atomic mass is 10.2. The molecule has 0 saturated carbocycles. The number of halogens is 1. The van der Waals surface area contributed by atoms with Gasteiger partial charge in [0.2, 0.25) is 0 Å². The molecule has 1 amide bonds. The summed E-state index contributed by atoms with van der Waals surface area (Å²) in [6.45, 7) is 0. The average molecular weight is 285 g/mol. The zero-order chi connectivity index (χ0) is 13.9.